The Bertz CT molecular complexity index is 712. The van der Waals surface area contributed by atoms with Crippen LogP contribution in [0.1, 0.15) is 29.5 Å². The summed E-state index contributed by atoms with van der Waals surface area (Å²) in [5.74, 6) is -0.934. The number of carbonyl (C=O) groups is 1. The molecular formula is C18H19ClO4. The van der Waals surface area contributed by atoms with E-state index in [0.29, 0.717) is 22.8 Å². The van der Waals surface area contributed by atoms with Gasteiger partial charge in [0, 0.05) is 5.02 Å². The van der Waals surface area contributed by atoms with E-state index in [1.165, 1.54) is 6.07 Å². The molecule has 23 heavy (non-hydrogen) atoms. The molecule has 0 aliphatic rings. The summed E-state index contributed by atoms with van der Waals surface area (Å²) in [7, 11) is 0. The fourth-order valence-electron chi connectivity index (χ4n) is 2.49. The van der Waals surface area contributed by atoms with Crippen molar-refractivity contribution in [2.75, 3.05) is 6.61 Å². The first-order chi connectivity index (χ1) is 10.9. The number of benzene rings is 2. The van der Waals surface area contributed by atoms with Crippen LogP contribution in [0.25, 0.3) is 0 Å². The Labute approximate surface area is 140 Å². The minimum atomic E-state index is -0.951. The molecule has 2 aromatic carbocycles. The van der Waals surface area contributed by atoms with Crippen LogP contribution in [-0.2, 0) is 11.2 Å². The quantitative estimate of drug-likeness (QED) is 0.832. The van der Waals surface area contributed by atoms with Crippen LogP contribution in [0, 0.1) is 6.92 Å². The van der Waals surface area contributed by atoms with Crippen molar-refractivity contribution in [2.45, 2.75) is 26.2 Å². The summed E-state index contributed by atoms with van der Waals surface area (Å²) in [5.41, 5.74) is 2.06. The molecule has 0 bridgehead atoms. The van der Waals surface area contributed by atoms with Crippen molar-refractivity contribution in [2.24, 2.45) is 0 Å². The maximum Gasteiger partial charge on any atom is 0.311 e. The molecule has 0 saturated heterocycles. The highest BCUT2D eigenvalue weighted by Crippen LogP contribution is 2.30. The van der Waals surface area contributed by atoms with Crippen LogP contribution < -0.4 is 4.74 Å². The lowest BCUT2D eigenvalue weighted by Crippen LogP contribution is -2.15. The molecule has 122 valence electrons. The Hall–Kier alpha value is -2.20. The lowest BCUT2D eigenvalue weighted by molar-refractivity contribution is -0.138. The number of aromatic hydroxyl groups is 1. The van der Waals surface area contributed by atoms with Gasteiger partial charge in [0.25, 0.3) is 0 Å². The Balaban J connectivity index is 2.33. The first-order valence-electron chi connectivity index (χ1n) is 7.36. The number of carboxylic acid groups (broad SMARTS) is 1. The molecule has 0 fully saturated rings. The molecule has 0 amide bonds. The second kappa shape index (κ2) is 7.38. The van der Waals surface area contributed by atoms with E-state index in [9.17, 15) is 15.0 Å². The minimum absolute atomic E-state index is 0.0447. The highest BCUT2D eigenvalue weighted by Gasteiger charge is 2.22. The number of hydrogen-bond donors (Lipinski definition) is 2. The van der Waals surface area contributed by atoms with Gasteiger partial charge in [0.2, 0.25) is 0 Å². The smallest absolute Gasteiger partial charge is 0.311 e. The molecule has 1 unspecified atom stereocenters. The lowest BCUT2D eigenvalue weighted by atomic mass is 9.90. The molecule has 0 aliphatic heterocycles. The van der Waals surface area contributed by atoms with Gasteiger partial charge in [-0.3, -0.25) is 4.79 Å². The zero-order chi connectivity index (χ0) is 17.0. The van der Waals surface area contributed by atoms with E-state index < -0.39 is 11.9 Å². The van der Waals surface area contributed by atoms with Gasteiger partial charge in [-0.25, -0.2) is 0 Å². The number of rotatable bonds is 6. The maximum atomic E-state index is 11.7. The molecule has 0 radical (unpaired) electrons. The first-order valence-corrected chi connectivity index (χ1v) is 7.73. The van der Waals surface area contributed by atoms with Crippen molar-refractivity contribution in [1.29, 1.82) is 0 Å². The predicted octanol–water partition coefficient (Wildman–Crippen LogP) is 4.16. The molecule has 0 aromatic heterocycles. The minimum Gasteiger partial charge on any atom is -0.508 e. The molecule has 5 heteroatoms. The molecule has 0 saturated carbocycles. The maximum absolute atomic E-state index is 11.7. The Kier molecular flexibility index (Phi) is 5.50. The van der Waals surface area contributed by atoms with Crippen LogP contribution in [0.5, 0.6) is 11.5 Å². The van der Waals surface area contributed by atoms with Crippen molar-refractivity contribution >= 4 is 17.6 Å². The van der Waals surface area contributed by atoms with Crippen molar-refractivity contribution in [1.82, 2.24) is 0 Å². The number of phenolic OH excluding ortho intramolecular Hbond substituents is 1. The SMILES string of the molecule is CCOc1ccc(C(Cc2cc(Cl)ccc2O)C(=O)O)cc1C. The number of aliphatic carboxylic acids is 1. The van der Waals surface area contributed by atoms with Crippen LogP contribution in [0.2, 0.25) is 5.02 Å². The van der Waals surface area contributed by atoms with Gasteiger partial charge in [-0.1, -0.05) is 23.7 Å². The van der Waals surface area contributed by atoms with Crippen LogP contribution in [-0.4, -0.2) is 22.8 Å². The van der Waals surface area contributed by atoms with E-state index in [2.05, 4.69) is 0 Å². The second-order valence-corrected chi connectivity index (χ2v) is 5.76. The van der Waals surface area contributed by atoms with Crippen molar-refractivity contribution in [3.63, 3.8) is 0 Å². The van der Waals surface area contributed by atoms with E-state index in [4.69, 9.17) is 16.3 Å². The van der Waals surface area contributed by atoms with E-state index >= 15 is 0 Å². The standard InChI is InChI=1S/C18H19ClO4/c1-3-23-17-7-4-12(8-11(17)2)15(18(21)22)10-13-9-14(19)5-6-16(13)20/h4-9,15,20H,3,10H2,1-2H3,(H,21,22). The van der Waals surface area contributed by atoms with E-state index in [1.54, 1.807) is 24.3 Å². The summed E-state index contributed by atoms with van der Waals surface area (Å²) in [6, 6.07) is 9.97. The summed E-state index contributed by atoms with van der Waals surface area (Å²) in [5, 5.41) is 19.9. The summed E-state index contributed by atoms with van der Waals surface area (Å²) in [6.07, 6.45) is 0.162. The lowest BCUT2D eigenvalue weighted by Gasteiger charge is -2.16. The summed E-state index contributed by atoms with van der Waals surface area (Å²) < 4.78 is 5.48. The van der Waals surface area contributed by atoms with Crippen LogP contribution in [0.15, 0.2) is 36.4 Å². The molecule has 2 rings (SSSR count). The Morgan fingerprint density at radius 1 is 1.26 bits per heavy atom. The molecule has 4 nitrogen and oxygen atoms in total. The highest BCUT2D eigenvalue weighted by atomic mass is 35.5. The van der Waals surface area contributed by atoms with E-state index in [0.717, 1.165) is 11.3 Å². The van der Waals surface area contributed by atoms with Gasteiger partial charge in [0.1, 0.15) is 11.5 Å². The molecule has 0 aliphatic carbocycles. The number of ether oxygens (including phenoxy) is 1. The average molecular weight is 335 g/mol. The normalized spacial score (nSPS) is 12.0. The van der Waals surface area contributed by atoms with Gasteiger partial charge in [-0.15, -0.1) is 0 Å². The van der Waals surface area contributed by atoms with Crippen molar-refractivity contribution in [3.05, 3.63) is 58.1 Å². The highest BCUT2D eigenvalue weighted by molar-refractivity contribution is 6.30. The van der Waals surface area contributed by atoms with Gasteiger partial charge < -0.3 is 14.9 Å². The predicted molar refractivity (Wildman–Crippen MR) is 89.5 cm³/mol. The van der Waals surface area contributed by atoms with Gasteiger partial charge in [0.15, 0.2) is 0 Å². The van der Waals surface area contributed by atoms with Gasteiger partial charge >= 0.3 is 5.97 Å². The largest absolute Gasteiger partial charge is 0.508 e. The molecule has 2 N–H and O–H groups in total. The van der Waals surface area contributed by atoms with E-state index in [1.807, 2.05) is 19.9 Å². The van der Waals surface area contributed by atoms with Gasteiger partial charge in [-0.2, -0.15) is 0 Å². The third-order valence-corrected chi connectivity index (χ3v) is 3.90. The number of aryl methyl sites for hydroxylation is 1. The van der Waals surface area contributed by atoms with Gasteiger partial charge in [0.05, 0.1) is 12.5 Å². The number of halogens is 1. The molecule has 0 spiro atoms. The van der Waals surface area contributed by atoms with Gasteiger partial charge in [-0.05, 0) is 61.2 Å². The van der Waals surface area contributed by atoms with Crippen LogP contribution >= 0.6 is 11.6 Å². The third kappa shape index (κ3) is 4.17. The number of hydrogen-bond acceptors (Lipinski definition) is 3. The Morgan fingerprint density at radius 2 is 2.00 bits per heavy atom. The van der Waals surface area contributed by atoms with Crippen molar-refractivity contribution < 1.29 is 19.7 Å². The Morgan fingerprint density at radius 3 is 2.61 bits per heavy atom. The zero-order valence-corrected chi connectivity index (χ0v) is 13.8. The average Bonchev–Trinajstić information content (AvgIpc) is 2.50. The fourth-order valence-corrected chi connectivity index (χ4v) is 2.69. The van der Waals surface area contributed by atoms with Crippen molar-refractivity contribution in [3.8, 4) is 11.5 Å². The second-order valence-electron chi connectivity index (χ2n) is 5.33. The molecule has 2 aromatic rings. The zero-order valence-electron chi connectivity index (χ0n) is 13.0. The first kappa shape index (κ1) is 17.2. The van der Waals surface area contributed by atoms with E-state index in [-0.39, 0.29) is 12.2 Å². The third-order valence-electron chi connectivity index (χ3n) is 3.66. The fraction of sp³-hybridized carbons (Fsp3) is 0.278. The molecular weight excluding hydrogens is 316 g/mol. The summed E-state index contributed by atoms with van der Waals surface area (Å²) in [6.45, 7) is 4.33. The summed E-state index contributed by atoms with van der Waals surface area (Å²) in [4.78, 5) is 11.7. The summed E-state index contributed by atoms with van der Waals surface area (Å²) >= 11 is 5.93. The molecule has 1 atom stereocenters. The number of phenols is 1. The number of carboxylic acids is 1. The molecule has 0 heterocycles. The van der Waals surface area contributed by atoms with Crippen LogP contribution in [0.3, 0.4) is 0 Å². The topological polar surface area (TPSA) is 66.8 Å². The van der Waals surface area contributed by atoms with Crippen LogP contribution in [0.4, 0.5) is 0 Å². The monoisotopic (exact) mass is 334 g/mol.